The van der Waals surface area contributed by atoms with E-state index in [1.807, 2.05) is 77.4 Å². The third kappa shape index (κ3) is 6.15. The van der Waals surface area contributed by atoms with Gasteiger partial charge in [0.25, 0.3) is 5.91 Å². The SMILES string of the molecule is O=C(NC(Cc1ccccc1)C(=O)Nc1cccc(C2SCCCS2)c1)c1cccs1. The minimum Gasteiger partial charge on any atom is -0.339 e. The number of thioether (sulfide) groups is 2. The first-order valence-electron chi connectivity index (χ1n) is 10.2. The van der Waals surface area contributed by atoms with Crippen molar-refractivity contribution in [2.24, 2.45) is 0 Å². The number of rotatable bonds is 7. The zero-order valence-electron chi connectivity index (χ0n) is 17.0. The van der Waals surface area contributed by atoms with Crippen LogP contribution in [0.15, 0.2) is 72.1 Å². The highest BCUT2D eigenvalue weighted by Crippen LogP contribution is 2.44. The van der Waals surface area contributed by atoms with Crippen LogP contribution in [0.4, 0.5) is 5.69 Å². The fourth-order valence-electron chi connectivity index (χ4n) is 3.37. The maximum absolute atomic E-state index is 13.2. The molecule has 1 fully saturated rings. The quantitative estimate of drug-likeness (QED) is 0.474. The number of thiophene rings is 1. The lowest BCUT2D eigenvalue weighted by atomic mass is 10.0. The summed E-state index contributed by atoms with van der Waals surface area (Å²) >= 11 is 5.27. The topological polar surface area (TPSA) is 58.2 Å². The van der Waals surface area contributed by atoms with Crippen LogP contribution in [0, 0.1) is 0 Å². The number of anilines is 1. The van der Waals surface area contributed by atoms with E-state index >= 15 is 0 Å². The van der Waals surface area contributed by atoms with Crippen molar-refractivity contribution < 1.29 is 9.59 Å². The summed E-state index contributed by atoms with van der Waals surface area (Å²) in [5.74, 6) is 1.90. The van der Waals surface area contributed by atoms with E-state index in [1.165, 1.54) is 34.8 Å². The number of benzene rings is 2. The smallest absolute Gasteiger partial charge is 0.262 e. The Morgan fingerprint density at radius 3 is 2.52 bits per heavy atom. The molecular formula is C24H24N2O2S3. The molecule has 4 nitrogen and oxygen atoms in total. The number of amides is 2. The van der Waals surface area contributed by atoms with Gasteiger partial charge in [-0.3, -0.25) is 9.59 Å². The van der Waals surface area contributed by atoms with Crippen molar-refractivity contribution in [1.29, 1.82) is 0 Å². The average Bonchev–Trinajstić information content (AvgIpc) is 3.35. The molecule has 1 aromatic heterocycles. The van der Waals surface area contributed by atoms with Gasteiger partial charge in [-0.2, -0.15) is 0 Å². The number of nitrogens with one attached hydrogen (secondary N) is 2. The minimum absolute atomic E-state index is 0.213. The Bertz CT molecular complexity index is 1000. The normalized spacial score (nSPS) is 15.2. The molecule has 1 atom stereocenters. The fourth-order valence-corrected chi connectivity index (χ4v) is 6.87. The first-order valence-corrected chi connectivity index (χ1v) is 13.2. The first-order chi connectivity index (χ1) is 15.2. The van der Waals surface area contributed by atoms with E-state index < -0.39 is 6.04 Å². The summed E-state index contributed by atoms with van der Waals surface area (Å²) in [6.07, 6.45) is 1.67. The van der Waals surface area contributed by atoms with E-state index in [-0.39, 0.29) is 11.8 Å². The molecule has 160 valence electrons. The van der Waals surface area contributed by atoms with Crippen LogP contribution in [-0.2, 0) is 11.2 Å². The molecule has 2 amide bonds. The molecule has 4 rings (SSSR count). The Morgan fingerprint density at radius 2 is 1.77 bits per heavy atom. The highest BCUT2D eigenvalue weighted by Gasteiger charge is 2.23. The van der Waals surface area contributed by atoms with Gasteiger partial charge in [0, 0.05) is 12.1 Å². The summed E-state index contributed by atoms with van der Waals surface area (Å²) < 4.78 is 0.407. The highest BCUT2D eigenvalue weighted by atomic mass is 32.2. The van der Waals surface area contributed by atoms with Crippen LogP contribution in [0.3, 0.4) is 0 Å². The Kier molecular flexibility index (Phi) is 7.72. The number of hydrogen-bond acceptors (Lipinski definition) is 5. The van der Waals surface area contributed by atoms with Crippen molar-refractivity contribution >= 4 is 52.4 Å². The maximum Gasteiger partial charge on any atom is 0.262 e. The van der Waals surface area contributed by atoms with Gasteiger partial charge < -0.3 is 10.6 Å². The Morgan fingerprint density at radius 1 is 0.968 bits per heavy atom. The third-order valence-electron chi connectivity index (χ3n) is 4.90. The molecule has 2 aromatic carbocycles. The number of hydrogen-bond donors (Lipinski definition) is 2. The molecule has 31 heavy (non-hydrogen) atoms. The lowest BCUT2D eigenvalue weighted by Crippen LogP contribution is -2.45. The van der Waals surface area contributed by atoms with E-state index in [0.29, 0.717) is 15.9 Å². The van der Waals surface area contributed by atoms with Gasteiger partial charge in [0.05, 0.1) is 9.46 Å². The lowest BCUT2D eigenvalue weighted by molar-refractivity contribution is -0.118. The van der Waals surface area contributed by atoms with Gasteiger partial charge in [-0.1, -0.05) is 48.5 Å². The van der Waals surface area contributed by atoms with E-state index in [2.05, 4.69) is 22.8 Å². The van der Waals surface area contributed by atoms with Crippen molar-refractivity contribution in [3.8, 4) is 0 Å². The van der Waals surface area contributed by atoms with Crippen LogP contribution in [0.25, 0.3) is 0 Å². The van der Waals surface area contributed by atoms with Gasteiger partial charge in [0.2, 0.25) is 5.91 Å². The van der Waals surface area contributed by atoms with Crippen LogP contribution in [0.5, 0.6) is 0 Å². The molecule has 7 heteroatoms. The van der Waals surface area contributed by atoms with Gasteiger partial charge in [-0.25, -0.2) is 0 Å². The molecule has 2 heterocycles. The highest BCUT2D eigenvalue weighted by molar-refractivity contribution is 8.16. The first kappa shape index (κ1) is 22.0. The number of carbonyl (C=O) groups is 2. The molecular weight excluding hydrogens is 444 g/mol. The van der Waals surface area contributed by atoms with Gasteiger partial charge >= 0.3 is 0 Å². The molecule has 1 aliphatic rings. The zero-order valence-corrected chi connectivity index (χ0v) is 19.4. The maximum atomic E-state index is 13.2. The van der Waals surface area contributed by atoms with Gasteiger partial charge in [0.15, 0.2) is 0 Å². The zero-order chi connectivity index (χ0) is 21.5. The second-order valence-electron chi connectivity index (χ2n) is 7.23. The van der Waals surface area contributed by atoms with E-state index in [9.17, 15) is 9.59 Å². The Balaban J connectivity index is 1.49. The molecule has 1 aliphatic heterocycles. The van der Waals surface area contributed by atoms with Gasteiger partial charge in [-0.15, -0.1) is 34.9 Å². The van der Waals surface area contributed by atoms with Crippen LogP contribution in [0.2, 0.25) is 0 Å². The van der Waals surface area contributed by atoms with Crippen LogP contribution < -0.4 is 10.6 Å². The van der Waals surface area contributed by atoms with E-state index in [1.54, 1.807) is 6.07 Å². The van der Waals surface area contributed by atoms with E-state index in [4.69, 9.17) is 0 Å². The monoisotopic (exact) mass is 468 g/mol. The Hall–Kier alpha value is -2.22. The van der Waals surface area contributed by atoms with Gasteiger partial charge in [0.1, 0.15) is 6.04 Å². The predicted octanol–water partition coefficient (Wildman–Crippen LogP) is 5.60. The molecule has 0 radical (unpaired) electrons. The summed E-state index contributed by atoms with van der Waals surface area (Å²) in [4.78, 5) is 26.4. The molecule has 1 saturated heterocycles. The van der Waals surface area contributed by atoms with Crippen molar-refractivity contribution in [3.05, 3.63) is 88.1 Å². The predicted molar refractivity (Wildman–Crippen MR) is 133 cm³/mol. The summed E-state index contributed by atoms with van der Waals surface area (Å²) in [6, 6.07) is 20.7. The second kappa shape index (κ2) is 10.9. The van der Waals surface area contributed by atoms with Crippen molar-refractivity contribution in [2.45, 2.75) is 23.5 Å². The molecule has 0 spiro atoms. The molecule has 0 saturated carbocycles. The molecule has 2 N–H and O–H groups in total. The largest absolute Gasteiger partial charge is 0.339 e. The molecule has 1 unspecified atom stereocenters. The van der Waals surface area contributed by atoms with Crippen LogP contribution >= 0.6 is 34.9 Å². The summed E-state index contributed by atoms with van der Waals surface area (Å²) in [7, 11) is 0. The molecule has 0 bridgehead atoms. The van der Waals surface area contributed by atoms with Gasteiger partial charge in [-0.05, 0) is 52.6 Å². The van der Waals surface area contributed by atoms with Crippen LogP contribution in [-0.4, -0.2) is 29.4 Å². The van der Waals surface area contributed by atoms with E-state index in [0.717, 1.165) is 11.3 Å². The summed E-state index contributed by atoms with van der Waals surface area (Å²) in [6.45, 7) is 0. The lowest BCUT2D eigenvalue weighted by Gasteiger charge is -2.22. The average molecular weight is 469 g/mol. The minimum atomic E-state index is -0.668. The fraction of sp³-hybridized carbons (Fsp3) is 0.250. The van der Waals surface area contributed by atoms with Crippen LogP contribution in [0.1, 0.15) is 31.8 Å². The van der Waals surface area contributed by atoms with Crippen molar-refractivity contribution in [3.63, 3.8) is 0 Å². The summed E-state index contributed by atoms with van der Waals surface area (Å²) in [5.41, 5.74) is 2.98. The second-order valence-corrected chi connectivity index (χ2v) is 10.9. The standard InChI is InChI=1S/C24H24N2O2S3/c27-22(25-19-10-4-9-18(16-19)24-30-13-6-14-31-24)20(15-17-7-2-1-3-8-17)26-23(28)21-11-5-12-29-21/h1-5,7-12,16,20,24H,6,13-15H2,(H,25,27)(H,26,28). The third-order valence-corrected chi connectivity index (χ3v) is 8.79. The van der Waals surface area contributed by atoms with Crippen molar-refractivity contribution in [2.75, 3.05) is 16.8 Å². The summed E-state index contributed by atoms with van der Waals surface area (Å²) in [5, 5.41) is 7.80. The number of carbonyl (C=O) groups excluding carboxylic acids is 2. The molecule has 3 aromatic rings. The van der Waals surface area contributed by atoms with Crippen molar-refractivity contribution in [1.82, 2.24) is 5.32 Å². The Labute approximate surface area is 195 Å². The molecule has 0 aliphatic carbocycles.